The van der Waals surface area contributed by atoms with Crippen LogP contribution in [0.3, 0.4) is 0 Å². The van der Waals surface area contributed by atoms with E-state index in [-0.39, 0.29) is 18.3 Å². The van der Waals surface area contributed by atoms with Gasteiger partial charge in [0.1, 0.15) is 0 Å². The first kappa shape index (κ1) is 26.8. The zero-order valence-corrected chi connectivity index (χ0v) is 20.4. The van der Waals surface area contributed by atoms with E-state index in [4.69, 9.17) is 5.26 Å². The van der Waals surface area contributed by atoms with Gasteiger partial charge in [0.25, 0.3) is 0 Å². The number of benzene rings is 2. The lowest BCUT2D eigenvalue weighted by Crippen LogP contribution is -2.46. The van der Waals surface area contributed by atoms with Gasteiger partial charge in [-0.25, -0.2) is 0 Å². The van der Waals surface area contributed by atoms with Crippen LogP contribution in [0.1, 0.15) is 47.9 Å². The van der Waals surface area contributed by atoms with Gasteiger partial charge < -0.3 is 9.80 Å². The molecule has 0 aliphatic carbocycles. The van der Waals surface area contributed by atoms with Crippen molar-refractivity contribution in [2.24, 2.45) is 0 Å². The average molecular weight is 507 g/mol. The number of rotatable bonds is 7. The number of halogens is 4. The molecule has 1 fully saturated rings. The van der Waals surface area contributed by atoms with Crippen LogP contribution in [0.25, 0.3) is 0 Å². The van der Waals surface area contributed by atoms with Crippen molar-refractivity contribution in [1.29, 1.82) is 5.26 Å². The molecule has 9 heteroatoms. The van der Waals surface area contributed by atoms with Gasteiger partial charge in [-0.3, -0.25) is 9.69 Å². The summed E-state index contributed by atoms with van der Waals surface area (Å²) in [5.74, 6) is 0.157. The van der Waals surface area contributed by atoms with Crippen molar-refractivity contribution in [2.75, 3.05) is 37.6 Å². The summed E-state index contributed by atoms with van der Waals surface area (Å²) >= 11 is 0. The van der Waals surface area contributed by atoms with Crippen molar-refractivity contribution < 1.29 is 18.0 Å². The van der Waals surface area contributed by atoms with Crippen LogP contribution in [-0.2, 0) is 24.1 Å². The maximum Gasteiger partial charge on any atom is 0.416 e. The molecule has 4 rings (SSSR count). The Morgan fingerprint density at radius 1 is 0.943 bits per heavy atom. The second-order valence-electron chi connectivity index (χ2n) is 9.03. The van der Waals surface area contributed by atoms with Crippen LogP contribution in [0.4, 0.5) is 18.9 Å². The predicted molar refractivity (Wildman–Crippen MR) is 131 cm³/mol. The largest absolute Gasteiger partial charge is 0.416 e. The van der Waals surface area contributed by atoms with Crippen LogP contribution in [0.5, 0.6) is 0 Å². The number of hydrogen-bond acceptors (Lipinski definition) is 4. The van der Waals surface area contributed by atoms with Crippen molar-refractivity contribution in [3.05, 3.63) is 64.7 Å². The smallest absolute Gasteiger partial charge is 0.369 e. The number of carbonyl (C=O) groups is 1. The third-order valence-corrected chi connectivity index (χ3v) is 6.69. The van der Waals surface area contributed by atoms with Crippen molar-refractivity contribution in [1.82, 2.24) is 9.80 Å². The van der Waals surface area contributed by atoms with E-state index in [0.29, 0.717) is 43.9 Å². The monoisotopic (exact) mass is 506 g/mol. The molecular weight excluding hydrogens is 477 g/mol. The summed E-state index contributed by atoms with van der Waals surface area (Å²) < 4.78 is 38.9. The molecule has 0 unspecified atom stereocenters. The van der Waals surface area contributed by atoms with E-state index in [1.165, 1.54) is 12.1 Å². The average Bonchev–Trinajstić information content (AvgIpc) is 3.27. The zero-order chi connectivity index (χ0) is 24.1. The summed E-state index contributed by atoms with van der Waals surface area (Å²) in [6, 6.07) is 13.3. The fraction of sp³-hybridized carbons (Fsp3) is 0.462. The van der Waals surface area contributed by atoms with Crippen LogP contribution in [-0.4, -0.2) is 48.4 Å². The van der Waals surface area contributed by atoms with Gasteiger partial charge in [0.2, 0.25) is 5.91 Å². The SMILES string of the molecule is Cl.N#Cc1ccc2c(c1)CN(C(=O)CCCCCN1CCN(c3cccc(C(F)(F)F)c3)CC1)C2. The standard InChI is InChI=1S/C26H29F3N4O.ClH/c27-26(28,29)23-5-4-6-24(16-23)32-13-11-31(12-14-32)10-3-1-2-7-25(34)33-18-21-9-8-20(17-30)15-22(21)19-33;/h4-6,8-9,15-16H,1-3,7,10-14,18-19H2;1H. The second kappa shape index (κ2) is 11.8. The van der Waals surface area contributed by atoms with E-state index in [2.05, 4.69) is 11.0 Å². The van der Waals surface area contributed by atoms with E-state index >= 15 is 0 Å². The van der Waals surface area contributed by atoms with Gasteiger partial charge in [-0.05, 0) is 60.8 Å². The van der Waals surface area contributed by atoms with Gasteiger partial charge in [0.15, 0.2) is 0 Å². The first-order valence-corrected chi connectivity index (χ1v) is 11.8. The minimum atomic E-state index is -4.32. The molecule has 0 atom stereocenters. The Labute approximate surface area is 210 Å². The number of amides is 1. The topological polar surface area (TPSA) is 50.6 Å². The van der Waals surface area contributed by atoms with Gasteiger partial charge in [0.05, 0.1) is 17.2 Å². The first-order chi connectivity index (χ1) is 16.3. The maximum atomic E-state index is 13.0. The lowest BCUT2D eigenvalue weighted by Gasteiger charge is -2.36. The summed E-state index contributed by atoms with van der Waals surface area (Å²) in [5, 5.41) is 9.03. The number of fused-ring (bicyclic) bond motifs is 1. The summed E-state index contributed by atoms with van der Waals surface area (Å²) in [7, 11) is 0. The highest BCUT2D eigenvalue weighted by Gasteiger charge is 2.31. The molecule has 0 bridgehead atoms. The molecule has 2 heterocycles. The molecule has 5 nitrogen and oxygen atoms in total. The second-order valence-corrected chi connectivity index (χ2v) is 9.03. The minimum Gasteiger partial charge on any atom is -0.369 e. The molecule has 0 spiro atoms. The molecule has 2 aliphatic heterocycles. The normalized spacial score (nSPS) is 15.9. The predicted octanol–water partition coefficient (Wildman–Crippen LogP) is 5.22. The third kappa shape index (κ3) is 6.89. The first-order valence-electron chi connectivity index (χ1n) is 11.8. The highest BCUT2D eigenvalue weighted by Crippen LogP contribution is 2.32. The molecule has 0 saturated carbocycles. The number of unbranched alkanes of at least 4 members (excludes halogenated alkanes) is 2. The van der Waals surface area contributed by atoms with E-state index in [9.17, 15) is 18.0 Å². The van der Waals surface area contributed by atoms with Crippen LogP contribution in [0.15, 0.2) is 42.5 Å². The van der Waals surface area contributed by atoms with Crippen LogP contribution in [0.2, 0.25) is 0 Å². The molecular formula is C26H30ClF3N4O. The Hall–Kier alpha value is -2.76. The molecule has 35 heavy (non-hydrogen) atoms. The number of anilines is 1. The number of nitrogens with zero attached hydrogens (tertiary/aromatic N) is 4. The Balaban J connectivity index is 0.00000342. The highest BCUT2D eigenvalue weighted by molar-refractivity contribution is 5.85. The van der Waals surface area contributed by atoms with E-state index in [1.54, 1.807) is 12.1 Å². The molecule has 1 amide bonds. The molecule has 0 N–H and O–H groups in total. The van der Waals surface area contributed by atoms with Gasteiger partial charge in [-0.2, -0.15) is 18.4 Å². The van der Waals surface area contributed by atoms with E-state index < -0.39 is 11.7 Å². The van der Waals surface area contributed by atoms with Crippen LogP contribution in [0, 0.1) is 11.3 Å². The molecule has 2 aromatic carbocycles. The van der Waals surface area contributed by atoms with E-state index in [0.717, 1.165) is 56.1 Å². The summed E-state index contributed by atoms with van der Waals surface area (Å²) in [5.41, 5.74) is 2.84. The van der Waals surface area contributed by atoms with Crippen molar-refractivity contribution in [2.45, 2.75) is 44.9 Å². The lowest BCUT2D eigenvalue weighted by atomic mass is 10.1. The number of nitriles is 1. The molecule has 2 aromatic rings. The lowest BCUT2D eigenvalue weighted by molar-refractivity contribution is -0.137. The van der Waals surface area contributed by atoms with Crippen LogP contribution >= 0.6 is 12.4 Å². The van der Waals surface area contributed by atoms with Gasteiger partial charge in [0, 0.05) is 51.4 Å². The molecule has 0 radical (unpaired) electrons. The van der Waals surface area contributed by atoms with Crippen molar-refractivity contribution in [3.8, 4) is 6.07 Å². The van der Waals surface area contributed by atoms with Crippen molar-refractivity contribution >= 4 is 24.0 Å². The molecule has 188 valence electrons. The van der Waals surface area contributed by atoms with Gasteiger partial charge in [-0.1, -0.05) is 18.6 Å². The molecule has 0 aromatic heterocycles. The number of carbonyl (C=O) groups excluding carboxylic acids is 1. The fourth-order valence-corrected chi connectivity index (χ4v) is 4.70. The Kier molecular flexibility index (Phi) is 9.03. The Bertz CT molecular complexity index is 1060. The van der Waals surface area contributed by atoms with Crippen molar-refractivity contribution in [3.63, 3.8) is 0 Å². The van der Waals surface area contributed by atoms with Gasteiger partial charge in [-0.15, -0.1) is 12.4 Å². The fourth-order valence-electron chi connectivity index (χ4n) is 4.70. The van der Waals surface area contributed by atoms with Gasteiger partial charge >= 0.3 is 6.18 Å². The number of piperazine rings is 1. The highest BCUT2D eigenvalue weighted by atomic mass is 35.5. The Morgan fingerprint density at radius 2 is 1.69 bits per heavy atom. The summed E-state index contributed by atoms with van der Waals surface area (Å²) in [6.07, 6.45) is -0.970. The maximum absolute atomic E-state index is 13.0. The third-order valence-electron chi connectivity index (χ3n) is 6.69. The zero-order valence-electron chi connectivity index (χ0n) is 19.6. The molecule has 1 saturated heterocycles. The summed E-state index contributed by atoms with van der Waals surface area (Å²) in [6.45, 7) is 5.22. The summed E-state index contributed by atoms with van der Waals surface area (Å²) in [4.78, 5) is 18.8. The van der Waals surface area contributed by atoms with E-state index in [1.807, 2.05) is 21.9 Å². The molecule has 2 aliphatic rings. The number of alkyl halides is 3. The number of hydrogen-bond donors (Lipinski definition) is 0. The van der Waals surface area contributed by atoms with Crippen LogP contribution < -0.4 is 4.90 Å². The minimum absolute atomic E-state index is 0. The quantitative estimate of drug-likeness (QED) is 0.483. The Morgan fingerprint density at radius 3 is 2.40 bits per heavy atom.